The molecule has 4 aromatic rings. The molecule has 2 aromatic carbocycles. The lowest BCUT2D eigenvalue weighted by molar-refractivity contribution is -0.192. The maximum absolute atomic E-state index is 12.5. The zero-order chi connectivity index (χ0) is 42.5. The third kappa shape index (κ3) is 10.7. The van der Waals surface area contributed by atoms with Crippen LogP contribution in [0.15, 0.2) is 54.9 Å². The predicted molar refractivity (Wildman–Crippen MR) is 203 cm³/mol. The number of carbonyl (C=O) groups excluding carboxylic acids is 2. The summed E-state index contributed by atoms with van der Waals surface area (Å²) in [6.45, 7) is 8.48. The molecule has 0 radical (unpaired) electrons. The summed E-state index contributed by atoms with van der Waals surface area (Å²) in [6, 6.07) is 12.4. The Morgan fingerprint density at radius 1 is 0.931 bits per heavy atom. The Morgan fingerprint density at radius 3 is 2.05 bits per heavy atom. The van der Waals surface area contributed by atoms with Gasteiger partial charge in [-0.1, -0.05) is 31.2 Å². The molecule has 0 bridgehead atoms. The second kappa shape index (κ2) is 17.7. The Morgan fingerprint density at radius 2 is 1.52 bits per heavy atom. The molecule has 2 aromatic heterocycles. The number of nitrogens with zero attached hydrogens (tertiary/aromatic N) is 5. The molecule has 20 heteroatoms. The van der Waals surface area contributed by atoms with Gasteiger partial charge in [0.2, 0.25) is 11.9 Å². The number of imidazole rings is 1. The zero-order valence-corrected chi connectivity index (χ0v) is 32.1. The average Bonchev–Trinajstić information content (AvgIpc) is 3.86. The normalized spacial score (nSPS) is 20.7. The van der Waals surface area contributed by atoms with Gasteiger partial charge in [0.25, 0.3) is 0 Å². The molecule has 6 rings (SSSR count). The van der Waals surface area contributed by atoms with Crippen molar-refractivity contribution in [3.05, 3.63) is 66.0 Å². The van der Waals surface area contributed by atoms with Crippen molar-refractivity contribution in [2.75, 3.05) is 29.9 Å². The number of aliphatic carboxylic acids is 1. The number of alkyl carbamates (subject to hydrolysis) is 1. The number of aromatic hydroxyl groups is 2. The summed E-state index contributed by atoms with van der Waals surface area (Å²) in [7, 11) is 0. The van der Waals surface area contributed by atoms with Crippen molar-refractivity contribution in [1.82, 2.24) is 30.2 Å². The average molecular weight is 817 g/mol. The number of rotatable bonds is 10. The van der Waals surface area contributed by atoms with E-state index in [0.717, 1.165) is 11.1 Å². The van der Waals surface area contributed by atoms with Crippen LogP contribution in [0.4, 0.5) is 29.7 Å². The second-order valence-corrected chi connectivity index (χ2v) is 15.0. The Bertz CT molecular complexity index is 2010. The number of nitrogens with one attached hydrogen (secondary N) is 3. The molecular formula is C38H47F3N8O9. The molecular weight excluding hydrogens is 769 g/mol. The summed E-state index contributed by atoms with van der Waals surface area (Å²) in [5.74, 6) is -2.09. The summed E-state index contributed by atoms with van der Waals surface area (Å²) in [5.41, 5.74) is 2.07. The molecule has 5 atom stereocenters. The topological polar surface area (TPSA) is 245 Å². The maximum Gasteiger partial charge on any atom is 0.490 e. The number of amides is 2. The molecule has 1 saturated carbocycles. The number of fused-ring (bicyclic) bond motifs is 1. The Labute approximate surface area is 330 Å². The molecule has 17 nitrogen and oxygen atoms in total. The van der Waals surface area contributed by atoms with Crippen LogP contribution >= 0.6 is 0 Å². The molecule has 2 aliphatic rings. The van der Waals surface area contributed by atoms with Crippen LogP contribution < -0.4 is 20.9 Å². The number of hydrogen-bond donors (Lipinski definition) is 8. The van der Waals surface area contributed by atoms with Crippen molar-refractivity contribution < 1.29 is 57.8 Å². The molecule has 8 N–H and O–H groups in total. The number of aromatic nitrogens is 4. The molecule has 0 spiro atoms. The Kier molecular flexibility index (Phi) is 13.2. The number of alkyl halides is 3. The zero-order valence-electron chi connectivity index (χ0n) is 32.1. The minimum Gasteiger partial charge on any atom is -0.508 e. The number of carboxylic acid groups (broad SMARTS) is 1. The number of aliphatic hydroxyl groups is 2. The summed E-state index contributed by atoms with van der Waals surface area (Å²) in [5, 5.41) is 58.3. The summed E-state index contributed by atoms with van der Waals surface area (Å²) in [6.07, 6.45) is -5.25. The third-order valence-corrected chi connectivity index (χ3v) is 9.59. The molecule has 58 heavy (non-hydrogen) atoms. The number of carbonyl (C=O) groups is 3. The third-order valence-electron chi connectivity index (χ3n) is 9.59. The van der Waals surface area contributed by atoms with E-state index in [1.54, 1.807) is 42.1 Å². The summed E-state index contributed by atoms with van der Waals surface area (Å²) in [4.78, 5) is 50.1. The van der Waals surface area contributed by atoms with Gasteiger partial charge in [-0.2, -0.15) is 23.1 Å². The van der Waals surface area contributed by atoms with Gasteiger partial charge in [-0.3, -0.25) is 4.79 Å². The number of hydrogen-bond acceptors (Lipinski definition) is 13. The van der Waals surface area contributed by atoms with Crippen molar-refractivity contribution in [2.45, 2.75) is 95.0 Å². The van der Waals surface area contributed by atoms with E-state index < -0.39 is 48.1 Å². The number of anilines is 2. The molecule has 2 fully saturated rings. The lowest BCUT2D eigenvalue weighted by Gasteiger charge is -2.23. The molecule has 3 heterocycles. The van der Waals surface area contributed by atoms with Crippen LogP contribution in [-0.4, -0.2) is 119 Å². The standard InChI is InChI=1S/C36H46N8O7.C2HF3O2/c1-5-28(47)40-26-16-27(31(49)30(26)48)44-19-38-29-32(37-17-25(20-6-10-23(45)11-7-20)21-8-12-24(46)13-9-21)41-34(42-33(29)44)43-15-14-22(18-43)39-35(50)51-36(2,3)4;3-2(4,5)1(6)7/h6-13,19,22,25-27,30-31,45-46,48-49H,5,14-18H2,1-4H3,(H,39,50)(H,40,47)(H,37,41,42);(H,6,7)/t22-,26+,27-,30-,31+;/m1./s1. The number of carboxylic acids is 1. The van der Waals surface area contributed by atoms with Crippen molar-refractivity contribution in [2.24, 2.45) is 0 Å². The van der Waals surface area contributed by atoms with Crippen LogP contribution in [0.3, 0.4) is 0 Å². The fraction of sp³-hybridized carbons (Fsp3) is 0.474. The highest BCUT2D eigenvalue weighted by Gasteiger charge is 2.44. The van der Waals surface area contributed by atoms with E-state index in [-0.39, 0.29) is 42.2 Å². The first-order chi connectivity index (χ1) is 27.2. The maximum atomic E-state index is 12.5. The highest BCUT2D eigenvalue weighted by Crippen LogP contribution is 2.36. The van der Waals surface area contributed by atoms with Gasteiger partial charge in [0.15, 0.2) is 17.0 Å². The van der Waals surface area contributed by atoms with E-state index >= 15 is 0 Å². The van der Waals surface area contributed by atoms with E-state index in [1.165, 1.54) is 0 Å². The molecule has 1 aliphatic heterocycles. The van der Waals surface area contributed by atoms with Crippen molar-refractivity contribution in [3.8, 4) is 11.5 Å². The lowest BCUT2D eigenvalue weighted by atomic mass is 9.91. The minimum absolute atomic E-state index is 0.143. The van der Waals surface area contributed by atoms with Crippen molar-refractivity contribution >= 4 is 40.9 Å². The number of phenolic OH excluding ortho intramolecular Hbond substituents is 2. The molecule has 2 amide bonds. The van der Waals surface area contributed by atoms with E-state index in [9.17, 15) is 43.2 Å². The first-order valence-electron chi connectivity index (χ1n) is 18.5. The first-order valence-corrected chi connectivity index (χ1v) is 18.5. The van der Waals surface area contributed by atoms with Gasteiger partial charge in [-0.15, -0.1) is 0 Å². The smallest absolute Gasteiger partial charge is 0.490 e. The minimum atomic E-state index is -5.08. The van der Waals surface area contributed by atoms with Crippen LogP contribution in [0.2, 0.25) is 0 Å². The number of ether oxygens (including phenoxy) is 1. The van der Waals surface area contributed by atoms with E-state index in [2.05, 4.69) is 20.9 Å². The van der Waals surface area contributed by atoms with Gasteiger partial charge in [0, 0.05) is 32.0 Å². The van der Waals surface area contributed by atoms with Crippen LogP contribution in [0.25, 0.3) is 11.2 Å². The van der Waals surface area contributed by atoms with Crippen molar-refractivity contribution in [1.29, 1.82) is 0 Å². The van der Waals surface area contributed by atoms with Crippen molar-refractivity contribution in [3.63, 3.8) is 0 Å². The largest absolute Gasteiger partial charge is 0.508 e. The van der Waals surface area contributed by atoms with E-state index in [1.807, 2.05) is 49.9 Å². The Hall–Kier alpha value is -5.89. The first kappa shape index (κ1) is 43.2. The highest BCUT2D eigenvalue weighted by atomic mass is 19.4. The van der Waals surface area contributed by atoms with Crippen LogP contribution in [-0.2, 0) is 14.3 Å². The van der Waals surface area contributed by atoms with Crippen LogP contribution in [0, 0.1) is 0 Å². The van der Waals surface area contributed by atoms with E-state index in [4.69, 9.17) is 24.6 Å². The van der Waals surface area contributed by atoms with Gasteiger partial charge < -0.3 is 55.7 Å². The van der Waals surface area contributed by atoms with Gasteiger partial charge in [0.05, 0.1) is 24.5 Å². The fourth-order valence-corrected chi connectivity index (χ4v) is 6.72. The highest BCUT2D eigenvalue weighted by molar-refractivity contribution is 5.85. The van der Waals surface area contributed by atoms with Gasteiger partial charge in [-0.25, -0.2) is 14.6 Å². The summed E-state index contributed by atoms with van der Waals surface area (Å²) >= 11 is 0. The lowest BCUT2D eigenvalue weighted by Crippen LogP contribution is -2.42. The van der Waals surface area contributed by atoms with Gasteiger partial charge >= 0.3 is 18.2 Å². The number of halogens is 3. The molecule has 1 saturated heterocycles. The number of aliphatic hydroxyl groups excluding tert-OH is 2. The van der Waals surface area contributed by atoms with Gasteiger partial charge in [0.1, 0.15) is 29.3 Å². The van der Waals surface area contributed by atoms with Crippen LogP contribution in [0.5, 0.6) is 11.5 Å². The quantitative estimate of drug-likeness (QED) is 0.114. The summed E-state index contributed by atoms with van der Waals surface area (Å²) < 4.78 is 38.9. The predicted octanol–water partition coefficient (Wildman–Crippen LogP) is 3.78. The fourth-order valence-electron chi connectivity index (χ4n) is 6.72. The monoisotopic (exact) mass is 816 g/mol. The SMILES string of the molecule is CCC(=O)N[C@H]1C[C@@H](n2cnc3c(NCC(c4ccc(O)cc4)c4ccc(O)cc4)nc(N4CC[C@@H](NC(=O)OC(C)(C)C)C4)nc32)[C@H](O)[C@@H]1O.O=C(O)C(F)(F)F. The van der Waals surface area contributed by atoms with E-state index in [0.29, 0.717) is 49.0 Å². The number of benzene rings is 2. The molecule has 314 valence electrons. The molecule has 0 unspecified atom stereocenters. The Balaban J connectivity index is 0.000000839. The number of phenols is 2. The van der Waals surface area contributed by atoms with Crippen LogP contribution in [0.1, 0.15) is 70.0 Å². The second-order valence-electron chi connectivity index (χ2n) is 15.0. The van der Waals surface area contributed by atoms with Gasteiger partial charge in [-0.05, 0) is 69.0 Å². The molecule has 1 aliphatic carbocycles.